The van der Waals surface area contributed by atoms with Crippen LogP contribution in [0.4, 0.5) is 48.3 Å². The Labute approximate surface area is 578 Å². The highest BCUT2D eigenvalue weighted by Crippen LogP contribution is 2.21. The minimum Gasteiger partial charge on any atom is -0.207 e. The van der Waals surface area contributed by atoms with Gasteiger partial charge in [0.2, 0.25) is 0 Å². The van der Waals surface area contributed by atoms with Gasteiger partial charge >= 0.3 is 0 Å². The molecule has 0 atom stereocenters. The molecule has 504 valence electrons. The normalized spacial score (nSPS) is 11.0. The van der Waals surface area contributed by atoms with E-state index in [4.69, 9.17) is 0 Å². The molecule has 0 spiro atoms. The van der Waals surface area contributed by atoms with E-state index >= 15 is 0 Å². The molecule has 0 heterocycles. The van der Waals surface area contributed by atoms with Crippen LogP contribution < -0.4 is 0 Å². The van der Waals surface area contributed by atoms with Gasteiger partial charge in [-0.25, -0.2) is 48.3 Å². The first-order valence-electron chi connectivity index (χ1n) is 31.6. The molecule has 0 N–H and O–H groups in total. The predicted molar refractivity (Wildman–Crippen MR) is 394 cm³/mol. The van der Waals surface area contributed by atoms with Gasteiger partial charge in [-0.1, -0.05) is 242 Å². The van der Waals surface area contributed by atoms with E-state index in [-0.39, 0.29) is 64.0 Å². The van der Waals surface area contributed by atoms with Crippen molar-refractivity contribution in [2.75, 3.05) is 0 Å². The quantitative estimate of drug-likeness (QED) is 0.0845. The Hall–Kier alpha value is -11.7. The van der Waals surface area contributed by atoms with Crippen molar-refractivity contribution >= 4 is 72.9 Å². The van der Waals surface area contributed by atoms with Crippen LogP contribution in [0.25, 0.3) is 72.9 Å². The fraction of sp³-hybridized carbons (Fsp3) is 0.0562. The van der Waals surface area contributed by atoms with E-state index in [0.717, 1.165) is 50.1 Å². The van der Waals surface area contributed by atoms with E-state index in [1.54, 1.807) is 176 Å². The predicted octanol–water partition coefficient (Wildman–Crippen LogP) is 26.2. The van der Waals surface area contributed by atoms with Crippen LogP contribution in [-0.2, 0) is 0 Å². The minimum absolute atomic E-state index is 0.203. The molecule has 0 fully saturated rings. The van der Waals surface area contributed by atoms with Crippen LogP contribution in [0.3, 0.4) is 0 Å². The van der Waals surface area contributed by atoms with Crippen molar-refractivity contribution in [2.45, 2.75) is 34.6 Å². The average Bonchev–Trinajstić information content (AvgIpc) is 0.938. The fourth-order valence-corrected chi connectivity index (χ4v) is 9.13. The molecule has 0 amide bonds. The second kappa shape index (κ2) is 39.5. The maximum Gasteiger partial charge on any atom is 0.130 e. The summed E-state index contributed by atoms with van der Waals surface area (Å²) < 4.78 is 144. The molecule has 0 saturated heterocycles. The zero-order valence-corrected chi connectivity index (χ0v) is 55.5. The Bertz CT molecular complexity index is 4740. The number of aryl methyl sites for hydroxylation is 5. The third kappa shape index (κ3) is 27.4. The summed E-state index contributed by atoms with van der Waals surface area (Å²) in [5.74, 6) is -3.01. The lowest BCUT2D eigenvalue weighted by Crippen LogP contribution is -1.84. The number of hydrogen-bond acceptors (Lipinski definition) is 0. The van der Waals surface area contributed by atoms with Gasteiger partial charge in [0.1, 0.15) is 64.0 Å². The summed E-state index contributed by atoms with van der Waals surface area (Å²) in [7, 11) is 0. The summed E-state index contributed by atoms with van der Waals surface area (Å²) in [6.07, 6.45) is 20.7. The van der Waals surface area contributed by atoms with E-state index in [2.05, 4.69) is 19.1 Å². The lowest BCUT2D eigenvalue weighted by Gasteiger charge is -1.99. The summed E-state index contributed by atoms with van der Waals surface area (Å²) in [6.45, 7) is 9.46. The largest absolute Gasteiger partial charge is 0.207 e. The van der Waals surface area contributed by atoms with Gasteiger partial charge in [-0.15, -0.1) is 0 Å². The van der Waals surface area contributed by atoms with Crippen molar-refractivity contribution in [2.24, 2.45) is 0 Å². The first-order chi connectivity index (χ1) is 48.1. The smallest absolute Gasteiger partial charge is 0.130 e. The molecule has 0 bridgehead atoms. The first kappa shape index (κ1) is 75.7. The standard InChI is InChI=1S/4C15H12F2.C15H13F.C14H10F2/c1-11-2-6-13(15(17)10-11)7-3-12-4-8-14(16)9-5-12;1-11-5-8-15(17)13(9-11)7-6-12-3-2-4-14(16)10-12;1-11-5-7-13(15(17)9-11)8-6-12-3-2-4-14(16)10-12;1-11-6-7-13(15(17)10-11)9-8-12-4-2-3-5-14(12)16;1-12-5-7-13(8-6-12)9-10-14-3-2-4-15(16)11-14;15-13-5-1-3-11(9-13)7-8-12-4-2-6-14(16)10-12/h4*2-10H,1H3;2-11H,1H3;1-10H/b7-3+;7-6+;8-6+;9-8+;10-9+;8-7+. The SMILES string of the molecule is Cc1ccc(/C=C/c2ccc(F)cc2)c(F)c1.Cc1ccc(/C=C/c2cccc(F)c2)c(F)c1.Cc1ccc(/C=C/c2cccc(F)c2)cc1.Cc1ccc(/C=C/c2ccccc2F)c(F)c1.Cc1ccc(F)c(/C=C/c2cccc(F)c2)c1.Fc1cccc(/C=C/c2cccc(F)c2)c1. The Morgan fingerprint density at radius 3 is 0.770 bits per heavy atom. The highest BCUT2D eigenvalue weighted by atomic mass is 19.2. The van der Waals surface area contributed by atoms with E-state index in [1.165, 1.54) is 109 Å². The summed E-state index contributed by atoms with van der Waals surface area (Å²) in [4.78, 5) is 0. The second-order valence-corrected chi connectivity index (χ2v) is 22.9. The van der Waals surface area contributed by atoms with Crippen LogP contribution in [0.15, 0.2) is 267 Å². The van der Waals surface area contributed by atoms with Gasteiger partial charge in [-0.2, -0.15) is 0 Å². The molecule has 12 aromatic carbocycles. The molecule has 12 aromatic rings. The maximum atomic E-state index is 13.5. The monoisotopic (exact) mass is 1350 g/mol. The lowest BCUT2D eigenvalue weighted by molar-refractivity contribution is 0.623. The average molecular weight is 1350 g/mol. The molecule has 100 heavy (non-hydrogen) atoms. The molecule has 0 nitrogen and oxygen atoms in total. The Balaban J connectivity index is 0.000000169. The number of benzene rings is 12. The molecule has 0 aliphatic rings. The number of rotatable bonds is 12. The molecule has 0 radical (unpaired) electrons. The van der Waals surface area contributed by atoms with Crippen LogP contribution >= 0.6 is 0 Å². The van der Waals surface area contributed by atoms with E-state index in [9.17, 15) is 48.3 Å². The van der Waals surface area contributed by atoms with Crippen LogP contribution in [0, 0.1) is 98.6 Å². The van der Waals surface area contributed by atoms with Gasteiger partial charge in [-0.3, -0.25) is 0 Å². The van der Waals surface area contributed by atoms with Crippen LogP contribution in [0.1, 0.15) is 94.6 Å². The van der Waals surface area contributed by atoms with Crippen molar-refractivity contribution in [3.63, 3.8) is 0 Å². The Morgan fingerprint density at radius 2 is 0.420 bits per heavy atom. The fourth-order valence-electron chi connectivity index (χ4n) is 9.13. The second-order valence-electron chi connectivity index (χ2n) is 22.9. The summed E-state index contributed by atoms with van der Waals surface area (Å²) in [5, 5.41) is 0. The topological polar surface area (TPSA) is 0 Å². The summed E-state index contributed by atoms with van der Waals surface area (Å²) in [6, 6.07) is 72.1. The zero-order valence-electron chi connectivity index (χ0n) is 55.5. The minimum atomic E-state index is -0.309. The van der Waals surface area contributed by atoms with E-state index in [0.29, 0.717) is 38.9 Å². The van der Waals surface area contributed by atoms with Gasteiger partial charge in [0, 0.05) is 27.8 Å². The highest BCUT2D eigenvalue weighted by molar-refractivity contribution is 5.74. The zero-order chi connectivity index (χ0) is 71.8. The molecule has 0 aromatic heterocycles. The van der Waals surface area contributed by atoms with E-state index in [1.807, 2.05) is 76.2 Å². The van der Waals surface area contributed by atoms with Gasteiger partial charge in [0.25, 0.3) is 0 Å². The molecule has 0 saturated carbocycles. The molecule has 0 unspecified atom stereocenters. The van der Waals surface area contributed by atoms with Crippen LogP contribution in [0.2, 0.25) is 0 Å². The summed E-state index contributed by atoms with van der Waals surface area (Å²) >= 11 is 0. The molecular weight excluding hydrogens is 1280 g/mol. The molecule has 11 heteroatoms. The van der Waals surface area contributed by atoms with Crippen LogP contribution in [0.5, 0.6) is 0 Å². The number of halogens is 11. The van der Waals surface area contributed by atoms with Crippen molar-refractivity contribution in [3.8, 4) is 0 Å². The van der Waals surface area contributed by atoms with Gasteiger partial charge in [0.15, 0.2) is 0 Å². The Morgan fingerprint density at radius 1 is 0.160 bits per heavy atom. The number of hydrogen-bond donors (Lipinski definition) is 0. The third-order valence-electron chi connectivity index (χ3n) is 14.5. The van der Waals surface area contributed by atoms with Gasteiger partial charge in [0.05, 0.1) is 0 Å². The summed E-state index contributed by atoms with van der Waals surface area (Å²) in [5.41, 5.74) is 13.1. The third-order valence-corrected chi connectivity index (χ3v) is 14.5. The molecule has 12 rings (SSSR count). The molecule has 0 aliphatic carbocycles. The van der Waals surface area contributed by atoms with Gasteiger partial charge in [-0.05, 0) is 199 Å². The molecular formula is C89H71F11. The van der Waals surface area contributed by atoms with Crippen molar-refractivity contribution < 1.29 is 48.3 Å². The highest BCUT2D eigenvalue weighted by Gasteiger charge is 2.04. The Kier molecular flexibility index (Phi) is 29.9. The molecule has 0 aliphatic heterocycles. The van der Waals surface area contributed by atoms with Gasteiger partial charge < -0.3 is 0 Å². The van der Waals surface area contributed by atoms with E-state index < -0.39 is 0 Å². The van der Waals surface area contributed by atoms with Crippen molar-refractivity contribution in [3.05, 3.63) is 425 Å². The van der Waals surface area contributed by atoms with Crippen molar-refractivity contribution in [1.29, 1.82) is 0 Å². The van der Waals surface area contributed by atoms with Crippen LogP contribution in [-0.4, -0.2) is 0 Å². The van der Waals surface area contributed by atoms with Crippen molar-refractivity contribution in [1.82, 2.24) is 0 Å². The maximum absolute atomic E-state index is 13.5. The lowest BCUT2D eigenvalue weighted by atomic mass is 10.1. The first-order valence-corrected chi connectivity index (χ1v) is 31.6.